The molecule has 0 saturated carbocycles. The Morgan fingerprint density at radius 3 is 1.64 bits per heavy atom. The minimum atomic E-state index is -2.29. The maximum absolute atomic E-state index is 7.37. The number of aromatic nitrogens is 4. The molecule has 13 heteroatoms. The maximum Gasteiger partial charge on any atom is 0.192 e. The summed E-state index contributed by atoms with van der Waals surface area (Å²) in [5, 5.41) is 0.197. The number of rotatable bonds is 10. The standard InChI is InChI=1S/C34H69N5O4Si4/c1-31(2,3)44(13,14)38-28-25-29(36-22-35-28)39(23-37-25)30-27(43-47(19,20)34(10,11)12)26(42-46(17,18)33(7,8)9)24(41-30)21-40-45(15,16)32(4,5)6/h22-24,26-27,30H,21H2,1-20H3,(H,35,36,38)/t24-,26-,27-,30?/m0/s1. The average molecular weight is 724 g/mol. The number of hydrogen-bond donors (Lipinski definition) is 1. The van der Waals surface area contributed by atoms with E-state index in [4.69, 9.17) is 28.0 Å². The first-order valence-electron chi connectivity index (χ1n) is 17.4. The third kappa shape index (κ3) is 8.51. The van der Waals surface area contributed by atoms with Crippen LogP contribution in [-0.4, -0.2) is 77.6 Å². The average Bonchev–Trinajstić information content (AvgIpc) is 3.41. The van der Waals surface area contributed by atoms with Crippen LogP contribution in [0.1, 0.15) is 89.3 Å². The molecule has 0 spiro atoms. The normalized spacial score (nSPS) is 22.7. The van der Waals surface area contributed by atoms with Crippen molar-refractivity contribution in [2.45, 2.75) is 180 Å². The summed E-state index contributed by atoms with van der Waals surface area (Å²) in [6, 6.07) is 0. The van der Waals surface area contributed by atoms with Crippen molar-refractivity contribution in [2.24, 2.45) is 0 Å². The molecular weight excluding hydrogens is 655 g/mol. The van der Waals surface area contributed by atoms with Crippen molar-refractivity contribution in [3.8, 4) is 0 Å². The van der Waals surface area contributed by atoms with Crippen LogP contribution in [-0.2, 0) is 18.0 Å². The van der Waals surface area contributed by atoms with Gasteiger partial charge in [0.2, 0.25) is 0 Å². The number of ether oxygens (including phenoxy) is 1. The molecule has 2 aromatic rings. The monoisotopic (exact) mass is 723 g/mol. The highest BCUT2D eigenvalue weighted by Crippen LogP contribution is 2.47. The fraction of sp³-hybridized carbons (Fsp3) is 0.853. The van der Waals surface area contributed by atoms with Crippen LogP contribution in [0.2, 0.25) is 72.5 Å². The molecule has 1 unspecified atom stereocenters. The van der Waals surface area contributed by atoms with Crippen LogP contribution in [0.4, 0.5) is 5.82 Å². The van der Waals surface area contributed by atoms with E-state index >= 15 is 0 Å². The van der Waals surface area contributed by atoms with Crippen molar-refractivity contribution in [1.82, 2.24) is 19.5 Å². The Hall–Kier alpha value is -0.942. The van der Waals surface area contributed by atoms with E-state index < -0.39 is 39.4 Å². The molecule has 0 aromatic carbocycles. The summed E-state index contributed by atoms with van der Waals surface area (Å²) >= 11 is 0. The van der Waals surface area contributed by atoms with Crippen molar-refractivity contribution in [1.29, 1.82) is 0 Å². The van der Waals surface area contributed by atoms with Crippen molar-refractivity contribution in [2.75, 3.05) is 11.6 Å². The highest BCUT2D eigenvalue weighted by Gasteiger charge is 2.55. The van der Waals surface area contributed by atoms with Gasteiger partial charge in [-0.2, -0.15) is 0 Å². The molecule has 2 aromatic heterocycles. The van der Waals surface area contributed by atoms with Crippen molar-refractivity contribution >= 4 is 50.2 Å². The van der Waals surface area contributed by atoms with Crippen LogP contribution in [0.5, 0.6) is 0 Å². The summed E-state index contributed by atoms with van der Waals surface area (Å²) < 4.78 is 30.7. The zero-order chi connectivity index (χ0) is 36.4. The van der Waals surface area contributed by atoms with E-state index in [9.17, 15) is 0 Å². The largest absolute Gasteiger partial charge is 0.414 e. The Kier molecular flexibility index (Phi) is 11.2. The van der Waals surface area contributed by atoms with E-state index in [1.807, 2.05) is 6.33 Å². The second-order valence-corrected chi connectivity index (χ2v) is 39.2. The molecule has 1 aliphatic heterocycles. The molecule has 47 heavy (non-hydrogen) atoms. The molecule has 0 amide bonds. The van der Waals surface area contributed by atoms with Gasteiger partial charge in [-0.1, -0.05) is 96.2 Å². The molecule has 3 rings (SSSR count). The molecular formula is C34H69N5O4Si4. The van der Waals surface area contributed by atoms with Crippen LogP contribution in [0.25, 0.3) is 11.2 Å². The van der Waals surface area contributed by atoms with Crippen LogP contribution in [0.15, 0.2) is 12.7 Å². The van der Waals surface area contributed by atoms with Gasteiger partial charge in [0.25, 0.3) is 0 Å². The van der Waals surface area contributed by atoms with Gasteiger partial charge in [-0.25, -0.2) is 15.0 Å². The second kappa shape index (κ2) is 13.0. The van der Waals surface area contributed by atoms with E-state index in [1.54, 1.807) is 6.33 Å². The van der Waals surface area contributed by atoms with Gasteiger partial charge in [-0.05, 0) is 59.4 Å². The van der Waals surface area contributed by atoms with Gasteiger partial charge in [0.05, 0.1) is 12.9 Å². The molecule has 0 bridgehead atoms. The van der Waals surface area contributed by atoms with E-state index in [1.165, 1.54) is 0 Å². The van der Waals surface area contributed by atoms with E-state index in [-0.39, 0.29) is 38.5 Å². The van der Waals surface area contributed by atoms with Gasteiger partial charge in [0.15, 0.2) is 45.1 Å². The number of hydrogen-bond acceptors (Lipinski definition) is 8. The highest BCUT2D eigenvalue weighted by atomic mass is 28.4. The van der Waals surface area contributed by atoms with E-state index in [0.29, 0.717) is 6.61 Å². The Bertz CT molecular complexity index is 1380. The van der Waals surface area contributed by atoms with Gasteiger partial charge < -0.3 is 23.0 Å². The van der Waals surface area contributed by atoms with Gasteiger partial charge in [-0.3, -0.25) is 4.57 Å². The lowest BCUT2D eigenvalue weighted by Crippen LogP contribution is -2.54. The van der Waals surface area contributed by atoms with Crippen LogP contribution < -0.4 is 4.98 Å². The molecule has 1 N–H and O–H groups in total. The molecule has 270 valence electrons. The zero-order valence-electron chi connectivity index (χ0n) is 33.6. The van der Waals surface area contributed by atoms with Crippen LogP contribution in [0.3, 0.4) is 0 Å². The second-order valence-electron chi connectivity index (χ2n) is 19.9. The first-order valence-corrected chi connectivity index (χ1v) is 29.2. The third-order valence-corrected chi connectivity index (χ3v) is 30.2. The molecule has 1 aliphatic rings. The first kappa shape index (κ1) is 40.5. The van der Waals surface area contributed by atoms with E-state index in [2.05, 4.69) is 150 Å². The van der Waals surface area contributed by atoms with Gasteiger partial charge in [-0.15, -0.1) is 0 Å². The summed E-state index contributed by atoms with van der Waals surface area (Å²) in [6.45, 7) is 46.3. The zero-order valence-corrected chi connectivity index (χ0v) is 37.6. The summed E-state index contributed by atoms with van der Waals surface area (Å²) in [5.74, 6) is 0.770. The topological polar surface area (TPSA) is 92.6 Å². The molecule has 0 aliphatic carbocycles. The summed E-state index contributed by atoms with van der Waals surface area (Å²) in [4.78, 5) is 18.2. The number of anilines is 1. The number of imidazole rings is 1. The van der Waals surface area contributed by atoms with Gasteiger partial charge in [0, 0.05) is 0 Å². The molecule has 4 atom stereocenters. The Morgan fingerprint density at radius 2 is 1.17 bits per heavy atom. The summed E-state index contributed by atoms with van der Waals surface area (Å²) in [5.41, 5.74) is 1.47. The Morgan fingerprint density at radius 1 is 0.681 bits per heavy atom. The van der Waals surface area contributed by atoms with Crippen LogP contribution in [0, 0.1) is 0 Å². The molecule has 3 heterocycles. The van der Waals surface area contributed by atoms with Crippen molar-refractivity contribution in [3.63, 3.8) is 0 Å². The van der Waals surface area contributed by atoms with Crippen molar-refractivity contribution < 1.29 is 18.0 Å². The van der Waals surface area contributed by atoms with Crippen LogP contribution >= 0.6 is 0 Å². The third-order valence-electron chi connectivity index (χ3n) is 12.1. The lowest BCUT2D eigenvalue weighted by Gasteiger charge is -2.44. The minimum absolute atomic E-state index is 0.00572. The first-order chi connectivity index (χ1) is 20.8. The predicted octanol–water partition coefficient (Wildman–Crippen LogP) is 9.94. The predicted molar refractivity (Wildman–Crippen MR) is 207 cm³/mol. The number of nitrogens with zero attached hydrogens (tertiary/aromatic N) is 4. The fourth-order valence-corrected chi connectivity index (χ4v) is 9.26. The Balaban J connectivity index is 2.20. The minimum Gasteiger partial charge on any atom is -0.414 e. The number of fused-ring (bicyclic) bond motifs is 1. The SMILES string of the molecule is CC(C)(C)[Si](C)(C)Nc1ncnc2c1ncn2C1O[C@@H](CO[Si](C)(C)C(C)(C)C)[C@H](O[Si](C)(C)C(C)(C)C)[C@@H]1O[Si](C)(C)C(C)(C)C. The highest BCUT2D eigenvalue weighted by molar-refractivity contribution is 6.83. The smallest absolute Gasteiger partial charge is 0.192 e. The Labute approximate surface area is 291 Å². The lowest BCUT2D eigenvalue weighted by molar-refractivity contribution is -0.0470. The van der Waals surface area contributed by atoms with E-state index in [0.717, 1.165) is 17.0 Å². The summed E-state index contributed by atoms with van der Waals surface area (Å²) in [7, 11) is -8.55. The molecule has 9 nitrogen and oxygen atoms in total. The van der Waals surface area contributed by atoms with Gasteiger partial charge in [0.1, 0.15) is 36.0 Å². The molecule has 1 saturated heterocycles. The fourth-order valence-electron chi connectivity index (χ4n) is 4.49. The summed E-state index contributed by atoms with van der Waals surface area (Å²) in [6.07, 6.45) is 1.99. The quantitative estimate of drug-likeness (QED) is 0.242. The maximum atomic E-state index is 7.37. The van der Waals surface area contributed by atoms with Crippen molar-refractivity contribution in [3.05, 3.63) is 12.7 Å². The lowest BCUT2D eigenvalue weighted by atomic mass is 10.1. The molecule has 0 radical (unpaired) electrons. The molecule has 1 fully saturated rings. The van der Waals surface area contributed by atoms with Gasteiger partial charge >= 0.3 is 0 Å². The number of nitrogens with one attached hydrogen (secondary N) is 1.